The Morgan fingerprint density at radius 3 is 2.50 bits per heavy atom. The highest BCUT2D eigenvalue weighted by Crippen LogP contribution is 2.37. The largest absolute Gasteiger partial charge is 0.497 e. The number of urea groups is 1. The first-order valence-corrected chi connectivity index (χ1v) is 10.6. The number of nitrogens with zero attached hydrogens (tertiary/aromatic N) is 3. The summed E-state index contributed by atoms with van der Waals surface area (Å²) in [4.78, 5) is 26.8. The van der Waals surface area contributed by atoms with Gasteiger partial charge in [-0.3, -0.25) is 4.79 Å². The minimum absolute atomic E-state index is 0.0827. The van der Waals surface area contributed by atoms with Crippen molar-refractivity contribution in [3.63, 3.8) is 0 Å². The lowest BCUT2D eigenvalue weighted by Gasteiger charge is -2.26. The summed E-state index contributed by atoms with van der Waals surface area (Å²) < 4.78 is 10.8. The molecule has 0 aromatic heterocycles. The zero-order valence-corrected chi connectivity index (χ0v) is 19.0. The summed E-state index contributed by atoms with van der Waals surface area (Å²) in [7, 11) is 4.83. The van der Waals surface area contributed by atoms with E-state index in [1.165, 1.54) is 9.91 Å². The van der Waals surface area contributed by atoms with Gasteiger partial charge in [0.15, 0.2) is 0 Å². The van der Waals surface area contributed by atoms with Gasteiger partial charge in [0.05, 0.1) is 26.0 Å². The van der Waals surface area contributed by atoms with Crippen LogP contribution in [0.2, 0.25) is 0 Å². The molecule has 0 saturated heterocycles. The van der Waals surface area contributed by atoms with E-state index in [-0.39, 0.29) is 24.5 Å². The Hall–Kier alpha value is -3.55. The second kappa shape index (κ2) is 10.7. The van der Waals surface area contributed by atoms with E-state index in [1.807, 2.05) is 55.5 Å². The zero-order valence-electron chi connectivity index (χ0n) is 19.0. The van der Waals surface area contributed by atoms with Crippen LogP contribution in [0.15, 0.2) is 53.6 Å². The summed E-state index contributed by atoms with van der Waals surface area (Å²) >= 11 is 0. The molecule has 3 rings (SSSR count). The zero-order chi connectivity index (χ0) is 23.1. The van der Waals surface area contributed by atoms with Crippen LogP contribution in [0.1, 0.15) is 36.9 Å². The second-order valence-electron chi connectivity index (χ2n) is 7.56. The standard InChI is InChI=1S/C24H30N4O4/c1-5-14-25-24(30)27(2)16-23(29)28-21(19-8-6-7-9-22(19)32-4)15-20(26-28)17-10-12-18(31-3)13-11-17/h6-13,21H,5,14-16H2,1-4H3,(H,25,30). The molecule has 1 aliphatic rings. The van der Waals surface area contributed by atoms with Crippen molar-refractivity contribution in [3.8, 4) is 11.5 Å². The molecule has 1 aliphatic heterocycles. The number of ether oxygens (including phenoxy) is 2. The highest BCUT2D eigenvalue weighted by molar-refractivity contribution is 6.03. The number of carbonyl (C=O) groups is 2. The lowest BCUT2D eigenvalue weighted by atomic mass is 9.97. The summed E-state index contributed by atoms with van der Waals surface area (Å²) in [5.41, 5.74) is 2.57. The maximum Gasteiger partial charge on any atom is 0.317 e. The Morgan fingerprint density at radius 1 is 1.12 bits per heavy atom. The molecule has 0 aliphatic carbocycles. The lowest BCUT2D eigenvalue weighted by Crippen LogP contribution is -2.43. The Morgan fingerprint density at radius 2 is 1.84 bits per heavy atom. The SMILES string of the molecule is CCCNC(=O)N(C)CC(=O)N1N=C(c2ccc(OC)cc2)CC1c1ccccc1OC. The molecule has 0 fully saturated rings. The summed E-state index contributed by atoms with van der Waals surface area (Å²) in [5.74, 6) is 1.18. The number of hydrogen-bond acceptors (Lipinski definition) is 5. The number of likely N-dealkylation sites (N-methyl/N-ethyl adjacent to an activating group) is 1. The van der Waals surface area contributed by atoms with Crippen molar-refractivity contribution in [1.82, 2.24) is 15.2 Å². The summed E-state index contributed by atoms with van der Waals surface area (Å²) in [6, 6.07) is 14.6. The number of methoxy groups -OCH3 is 2. The van der Waals surface area contributed by atoms with Crippen LogP contribution < -0.4 is 14.8 Å². The first kappa shape index (κ1) is 23.1. The number of rotatable bonds is 8. The molecule has 0 radical (unpaired) electrons. The molecule has 1 atom stereocenters. The first-order valence-electron chi connectivity index (χ1n) is 10.6. The van der Waals surface area contributed by atoms with E-state index in [9.17, 15) is 9.59 Å². The van der Waals surface area contributed by atoms with Gasteiger partial charge in [-0.05, 0) is 42.3 Å². The molecule has 0 bridgehead atoms. The molecule has 170 valence electrons. The van der Waals surface area contributed by atoms with Crippen LogP contribution in [0, 0.1) is 0 Å². The summed E-state index contributed by atoms with van der Waals surface area (Å²) in [6.07, 6.45) is 1.36. The van der Waals surface area contributed by atoms with Crippen molar-refractivity contribution < 1.29 is 19.1 Å². The van der Waals surface area contributed by atoms with Crippen LogP contribution in [0.25, 0.3) is 0 Å². The number of carbonyl (C=O) groups excluding carboxylic acids is 2. The average molecular weight is 439 g/mol. The number of nitrogens with one attached hydrogen (secondary N) is 1. The van der Waals surface area contributed by atoms with Gasteiger partial charge in [-0.2, -0.15) is 5.10 Å². The smallest absolute Gasteiger partial charge is 0.317 e. The van der Waals surface area contributed by atoms with Gasteiger partial charge < -0.3 is 19.7 Å². The number of para-hydroxylation sites is 1. The number of benzene rings is 2. The molecule has 1 unspecified atom stereocenters. The Balaban J connectivity index is 1.88. The summed E-state index contributed by atoms with van der Waals surface area (Å²) in [6.45, 7) is 2.45. The molecule has 1 N–H and O–H groups in total. The molecule has 3 amide bonds. The van der Waals surface area contributed by atoms with E-state index in [1.54, 1.807) is 21.3 Å². The van der Waals surface area contributed by atoms with Gasteiger partial charge in [-0.1, -0.05) is 25.1 Å². The number of hydrazone groups is 1. The minimum Gasteiger partial charge on any atom is -0.497 e. The van der Waals surface area contributed by atoms with E-state index in [4.69, 9.17) is 9.47 Å². The predicted molar refractivity (Wildman–Crippen MR) is 123 cm³/mol. The van der Waals surface area contributed by atoms with Crippen molar-refractivity contribution in [2.45, 2.75) is 25.8 Å². The molecular formula is C24H30N4O4. The second-order valence-corrected chi connectivity index (χ2v) is 7.56. The maximum atomic E-state index is 13.2. The molecule has 2 aromatic carbocycles. The summed E-state index contributed by atoms with van der Waals surface area (Å²) in [5, 5.41) is 8.92. The number of amides is 3. The fourth-order valence-electron chi connectivity index (χ4n) is 3.60. The Labute approximate surface area is 188 Å². The highest BCUT2D eigenvalue weighted by atomic mass is 16.5. The van der Waals surface area contributed by atoms with Crippen molar-refractivity contribution in [2.24, 2.45) is 5.10 Å². The minimum atomic E-state index is -0.331. The van der Waals surface area contributed by atoms with E-state index in [0.29, 0.717) is 18.7 Å². The van der Waals surface area contributed by atoms with Crippen LogP contribution in [0.4, 0.5) is 4.79 Å². The highest BCUT2D eigenvalue weighted by Gasteiger charge is 2.35. The molecule has 8 heteroatoms. The first-order chi connectivity index (χ1) is 15.5. The average Bonchev–Trinajstić information content (AvgIpc) is 3.28. The fourth-order valence-corrected chi connectivity index (χ4v) is 3.60. The molecule has 32 heavy (non-hydrogen) atoms. The third-order valence-corrected chi connectivity index (χ3v) is 5.33. The maximum absolute atomic E-state index is 13.2. The molecule has 1 heterocycles. The third-order valence-electron chi connectivity index (χ3n) is 5.33. The van der Waals surface area contributed by atoms with Gasteiger partial charge in [0.2, 0.25) is 0 Å². The van der Waals surface area contributed by atoms with Gasteiger partial charge in [0.1, 0.15) is 18.0 Å². The molecule has 0 spiro atoms. The van der Waals surface area contributed by atoms with Crippen LogP contribution in [0.5, 0.6) is 11.5 Å². The van der Waals surface area contributed by atoms with Crippen molar-refractivity contribution in [1.29, 1.82) is 0 Å². The lowest BCUT2D eigenvalue weighted by molar-refractivity contribution is -0.133. The van der Waals surface area contributed by atoms with Gasteiger partial charge in [-0.25, -0.2) is 9.80 Å². The van der Waals surface area contributed by atoms with Crippen molar-refractivity contribution in [3.05, 3.63) is 59.7 Å². The topological polar surface area (TPSA) is 83.5 Å². The third kappa shape index (κ3) is 5.19. The van der Waals surface area contributed by atoms with Gasteiger partial charge in [0, 0.05) is 25.6 Å². The van der Waals surface area contributed by atoms with E-state index in [0.717, 1.165) is 29.0 Å². The van der Waals surface area contributed by atoms with Crippen LogP contribution in [-0.4, -0.2) is 61.9 Å². The van der Waals surface area contributed by atoms with Crippen molar-refractivity contribution >= 4 is 17.6 Å². The normalized spacial score (nSPS) is 15.2. The molecule has 2 aromatic rings. The molecular weight excluding hydrogens is 408 g/mol. The predicted octanol–water partition coefficient (Wildman–Crippen LogP) is 3.43. The van der Waals surface area contributed by atoms with Crippen LogP contribution >= 0.6 is 0 Å². The van der Waals surface area contributed by atoms with Gasteiger partial charge in [-0.15, -0.1) is 0 Å². The fraction of sp³-hybridized carbons (Fsp3) is 0.375. The van der Waals surface area contributed by atoms with E-state index in [2.05, 4.69) is 10.4 Å². The molecule has 0 saturated carbocycles. The van der Waals surface area contributed by atoms with Crippen LogP contribution in [-0.2, 0) is 4.79 Å². The van der Waals surface area contributed by atoms with Gasteiger partial charge >= 0.3 is 6.03 Å². The quantitative estimate of drug-likeness (QED) is 0.684. The van der Waals surface area contributed by atoms with E-state index < -0.39 is 0 Å². The van der Waals surface area contributed by atoms with Gasteiger partial charge in [0.25, 0.3) is 5.91 Å². The molecule has 8 nitrogen and oxygen atoms in total. The monoisotopic (exact) mass is 438 g/mol. The Kier molecular flexibility index (Phi) is 7.70. The van der Waals surface area contributed by atoms with E-state index >= 15 is 0 Å². The Bertz CT molecular complexity index is 974. The van der Waals surface area contributed by atoms with Crippen molar-refractivity contribution in [2.75, 3.05) is 34.4 Å². The number of hydrogen-bond donors (Lipinski definition) is 1. The van der Waals surface area contributed by atoms with Crippen LogP contribution in [0.3, 0.4) is 0 Å².